The van der Waals surface area contributed by atoms with E-state index in [1.807, 2.05) is 0 Å². The molecule has 0 radical (unpaired) electrons. The summed E-state index contributed by atoms with van der Waals surface area (Å²) in [7, 11) is 1.18. The molecule has 2 atom stereocenters. The minimum absolute atomic E-state index is 0.0642. The Hall–Kier alpha value is -1.44. The van der Waals surface area contributed by atoms with Crippen molar-refractivity contribution >= 4 is 22.8 Å². The monoisotopic (exact) mass is 302 g/mol. The van der Waals surface area contributed by atoms with Gasteiger partial charge in [0.1, 0.15) is 11.9 Å². The van der Waals surface area contributed by atoms with E-state index in [9.17, 15) is 24.2 Å². The molecule has 5 nitrogen and oxygen atoms in total. The third kappa shape index (κ3) is 4.29. The van der Waals surface area contributed by atoms with Gasteiger partial charge in [0.15, 0.2) is 5.12 Å². The minimum Gasteiger partial charge on any atom is -0.465 e. The average Bonchev–Trinajstić information content (AvgIpc) is 2.43. The fourth-order valence-corrected chi connectivity index (χ4v) is 2.10. The molecular weight excluding hydrogens is 287 g/mol. The van der Waals surface area contributed by atoms with Crippen LogP contribution in [0.3, 0.4) is 0 Å². The van der Waals surface area contributed by atoms with E-state index in [0.29, 0.717) is 0 Å². The average molecular weight is 302 g/mol. The fourth-order valence-electron chi connectivity index (χ4n) is 1.52. The fraction of sp³-hybridized carbons (Fsp3) is 0.385. The smallest absolute Gasteiger partial charge is 0.337 e. The van der Waals surface area contributed by atoms with Crippen LogP contribution in [0.4, 0.5) is 4.39 Å². The molecular formula is C13H15FO5S. The molecule has 0 aliphatic rings. The Morgan fingerprint density at radius 2 is 2.05 bits per heavy atom. The van der Waals surface area contributed by atoms with E-state index in [1.54, 1.807) is 0 Å². The molecule has 0 saturated heterocycles. The summed E-state index contributed by atoms with van der Waals surface area (Å²) in [5.74, 6) is -1.50. The van der Waals surface area contributed by atoms with Crippen LogP contribution in [0.1, 0.15) is 28.9 Å². The van der Waals surface area contributed by atoms with Crippen LogP contribution >= 0.6 is 11.8 Å². The molecule has 0 bridgehead atoms. The molecule has 7 heteroatoms. The zero-order valence-electron chi connectivity index (χ0n) is 11.0. The molecule has 1 aromatic rings. The predicted molar refractivity (Wildman–Crippen MR) is 71.8 cm³/mol. The summed E-state index contributed by atoms with van der Waals surface area (Å²) < 4.78 is 18.1. The molecule has 2 N–H and O–H groups in total. The number of esters is 1. The third-order valence-corrected chi connectivity index (χ3v) is 3.47. The van der Waals surface area contributed by atoms with Gasteiger partial charge >= 0.3 is 5.97 Å². The number of hydrogen-bond donors (Lipinski definition) is 2. The number of rotatable bonds is 5. The summed E-state index contributed by atoms with van der Waals surface area (Å²) in [4.78, 5) is 22.1. The van der Waals surface area contributed by atoms with E-state index in [-0.39, 0.29) is 22.0 Å². The number of methoxy groups -OCH3 is 1. The number of carbonyl (C=O) groups is 2. The number of hydrogen-bond acceptors (Lipinski definition) is 6. The van der Waals surface area contributed by atoms with Crippen LogP contribution in [-0.2, 0) is 9.53 Å². The number of aliphatic hydroxyl groups is 2. The number of ether oxygens (including phenoxy) is 1. The summed E-state index contributed by atoms with van der Waals surface area (Å²) in [5, 5.41) is 19.4. The van der Waals surface area contributed by atoms with E-state index < -0.39 is 24.0 Å². The second-order valence-corrected chi connectivity index (χ2v) is 5.24. The Labute approximate surface area is 119 Å². The van der Waals surface area contributed by atoms with Crippen LogP contribution < -0.4 is 0 Å². The van der Waals surface area contributed by atoms with Crippen molar-refractivity contribution < 1.29 is 28.9 Å². The first-order valence-corrected chi connectivity index (χ1v) is 6.72. The van der Waals surface area contributed by atoms with Gasteiger partial charge in [-0.2, -0.15) is 0 Å². The quantitative estimate of drug-likeness (QED) is 0.797. The number of benzene rings is 1. The van der Waals surface area contributed by atoms with Gasteiger partial charge in [-0.25, -0.2) is 9.18 Å². The maximum atomic E-state index is 13.6. The van der Waals surface area contributed by atoms with Gasteiger partial charge in [-0.05, 0) is 18.2 Å². The molecule has 20 heavy (non-hydrogen) atoms. The molecule has 0 aliphatic heterocycles. The molecule has 0 heterocycles. The summed E-state index contributed by atoms with van der Waals surface area (Å²) >= 11 is 0.820. The zero-order valence-corrected chi connectivity index (χ0v) is 11.8. The van der Waals surface area contributed by atoms with Gasteiger partial charge in [0.2, 0.25) is 0 Å². The van der Waals surface area contributed by atoms with Crippen molar-refractivity contribution in [2.45, 2.75) is 19.1 Å². The summed E-state index contributed by atoms with van der Waals surface area (Å²) in [6.07, 6.45) is -2.86. The summed E-state index contributed by atoms with van der Waals surface area (Å²) in [6, 6.07) is 3.34. The van der Waals surface area contributed by atoms with Crippen molar-refractivity contribution in [3.05, 3.63) is 35.1 Å². The minimum atomic E-state index is -1.54. The first-order valence-electron chi connectivity index (χ1n) is 5.74. The van der Waals surface area contributed by atoms with Crippen molar-refractivity contribution in [1.82, 2.24) is 0 Å². The molecule has 1 aromatic carbocycles. The molecule has 110 valence electrons. The number of thioether (sulfide) groups is 1. The molecule has 0 aromatic heterocycles. The standard InChI is InChI=1S/C13H15FO5S/c1-7(15)20-6-11(16)12(17)9-5-8(13(18)19-2)3-4-10(9)14/h3-5,11-12,16-17H,6H2,1-2H3. The molecule has 1 rings (SSSR count). The highest BCUT2D eigenvalue weighted by molar-refractivity contribution is 8.13. The van der Waals surface area contributed by atoms with Gasteiger partial charge in [-0.1, -0.05) is 11.8 Å². The van der Waals surface area contributed by atoms with Crippen LogP contribution in [0.15, 0.2) is 18.2 Å². The maximum absolute atomic E-state index is 13.6. The Balaban J connectivity index is 2.93. The van der Waals surface area contributed by atoms with Crippen molar-refractivity contribution in [3.8, 4) is 0 Å². The predicted octanol–water partition coefficient (Wildman–Crippen LogP) is 1.29. The van der Waals surface area contributed by atoms with Crippen LogP contribution in [-0.4, -0.2) is 40.3 Å². The SMILES string of the molecule is COC(=O)c1ccc(F)c(C(O)C(O)CSC(C)=O)c1. The maximum Gasteiger partial charge on any atom is 0.337 e. The van der Waals surface area contributed by atoms with Gasteiger partial charge in [0, 0.05) is 18.2 Å². The highest BCUT2D eigenvalue weighted by Gasteiger charge is 2.23. The van der Waals surface area contributed by atoms with Crippen molar-refractivity contribution in [3.63, 3.8) is 0 Å². The molecule has 0 fully saturated rings. The highest BCUT2D eigenvalue weighted by atomic mass is 32.2. The molecule has 0 amide bonds. The molecule has 0 saturated carbocycles. The lowest BCUT2D eigenvalue weighted by Gasteiger charge is -2.18. The number of carbonyl (C=O) groups excluding carboxylic acids is 2. The van der Waals surface area contributed by atoms with Crippen LogP contribution in [0, 0.1) is 5.82 Å². The van der Waals surface area contributed by atoms with Gasteiger partial charge < -0.3 is 14.9 Å². The van der Waals surface area contributed by atoms with E-state index in [2.05, 4.69) is 4.74 Å². The van der Waals surface area contributed by atoms with E-state index in [4.69, 9.17) is 0 Å². The zero-order chi connectivity index (χ0) is 15.3. The van der Waals surface area contributed by atoms with Gasteiger partial charge in [0.05, 0.1) is 18.8 Å². The van der Waals surface area contributed by atoms with Crippen molar-refractivity contribution in [2.24, 2.45) is 0 Å². The Bertz CT molecular complexity index is 506. The van der Waals surface area contributed by atoms with E-state index in [1.165, 1.54) is 20.1 Å². The lowest BCUT2D eigenvalue weighted by molar-refractivity contribution is -0.109. The Kier molecular flexibility index (Phi) is 6.12. The van der Waals surface area contributed by atoms with Crippen LogP contribution in [0.5, 0.6) is 0 Å². The van der Waals surface area contributed by atoms with Crippen molar-refractivity contribution in [2.75, 3.05) is 12.9 Å². The Morgan fingerprint density at radius 3 is 2.60 bits per heavy atom. The van der Waals surface area contributed by atoms with Gasteiger partial charge in [-0.3, -0.25) is 4.79 Å². The molecule has 0 spiro atoms. The summed E-state index contributed by atoms with van der Waals surface area (Å²) in [6.45, 7) is 1.32. The van der Waals surface area contributed by atoms with Crippen LogP contribution in [0.25, 0.3) is 0 Å². The first kappa shape index (κ1) is 16.6. The summed E-state index contributed by atoms with van der Waals surface area (Å²) in [5.41, 5.74) is -0.154. The first-order chi connectivity index (χ1) is 9.36. The lowest BCUT2D eigenvalue weighted by Crippen LogP contribution is -2.22. The third-order valence-electron chi connectivity index (χ3n) is 2.56. The number of halogens is 1. The normalized spacial score (nSPS) is 13.7. The molecule has 2 unspecified atom stereocenters. The number of aliphatic hydroxyl groups excluding tert-OH is 2. The molecule has 0 aliphatic carbocycles. The van der Waals surface area contributed by atoms with Crippen LogP contribution in [0.2, 0.25) is 0 Å². The van der Waals surface area contributed by atoms with E-state index >= 15 is 0 Å². The topological polar surface area (TPSA) is 83.8 Å². The second kappa shape index (κ2) is 7.37. The van der Waals surface area contributed by atoms with E-state index in [0.717, 1.165) is 23.9 Å². The highest BCUT2D eigenvalue weighted by Crippen LogP contribution is 2.24. The largest absolute Gasteiger partial charge is 0.465 e. The Morgan fingerprint density at radius 1 is 1.40 bits per heavy atom. The van der Waals surface area contributed by atoms with Crippen molar-refractivity contribution in [1.29, 1.82) is 0 Å². The van der Waals surface area contributed by atoms with Gasteiger partial charge in [0.25, 0.3) is 0 Å². The van der Waals surface area contributed by atoms with Gasteiger partial charge in [-0.15, -0.1) is 0 Å². The lowest BCUT2D eigenvalue weighted by atomic mass is 10.0. The second-order valence-electron chi connectivity index (χ2n) is 4.04.